The van der Waals surface area contributed by atoms with Crippen LogP contribution in [0, 0.1) is 41.5 Å². The van der Waals surface area contributed by atoms with Gasteiger partial charge in [-0.25, -0.2) is 48.8 Å². The van der Waals surface area contributed by atoms with Crippen LogP contribution >= 0.6 is 34.8 Å². The topological polar surface area (TPSA) is 297 Å². The van der Waals surface area contributed by atoms with E-state index in [1.54, 1.807) is 59.3 Å². The summed E-state index contributed by atoms with van der Waals surface area (Å²) in [7, 11) is -15.9. The van der Waals surface area contributed by atoms with E-state index in [0.717, 1.165) is 50.7 Å². The summed E-state index contributed by atoms with van der Waals surface area (Å²) in [5, 5.41) is 12.0. The maximum absolute atomic E-state index is 14.6. The van der Waals surface area contributed by atoms with Crippen LogP contribution in [0.1, 0.15) is 183 Å². The quantitative estimate of drug-likeness (QED) is 0.0186. The number of rotatable bonds is 27. The lowest BCUT2D eigenvalue weighted by Crippen LogP contribution is -2.51. The normalized spacial score (nSPS) is 13.0. The second-order valence-corrected chi connectivity index (χ2v) is 51.2. The summed E-state index contributed by atoms with van der Waals surface area (Å²) in [4.78, 5) is 55.8. The molecule has 23 nitrogen and oxygen atoms in total. The van der Waals surface area contributed by atoms with Gasteiger partial charge >= 0.3 is 18.5 Å². The van der Waals surface area contributed by atoms with Crippen molar-refractivity contribution in [3.05, 3.63) is 246 Å². The molecule has 0 aliphatic heterocycles. The molecule has 128 heavy (non-hydrogen) atoms. The van der Waals surface area contributed by atoms with Crippen LogP contribution in [0.3, 0.4) is 0 Å². The molecule has 0 radical (unpaired) electrons. The highest BCUT2D eigenvalue weighted by molar-refractivity contribution is 7.93. The van der Waals surface area contributed by atoms with Crippen LogP contribution in [-0.4, -0.2) is 129 Å². The second-order valence-electron chi connectivity index (χ2n) is 33.1. The Morgan fingerprint density at radius 2 is 0.844 bits per heavy atom. The van der Waals surface area contributed by atoms with Crippen molar-refractivity contribution in [3.63, 3.8) is 0 Å². The van der Waals surface area contributed by atoms with Crippen molar-refractivity contribution < 1.29 is 88.9 Å². The molecule has 0 bridgehead atoms. The standard InChI is InChI=1S/C33H42ClF3N4O4SSi.C33H40ClF3N4O4SSi.C22H16ClF3N4O3S/c2*1-19(2)47(20(3)4,21(5)6)41-13-12-25-29(23(8)17-39-32(25)41)31(42)30-28(14-22(7)16-38-30)40(18-45-9)46(43,44)24-10-11-27(34)26(15-24)33(35,36)37;1-11-7-17(30-34(32,33)13-3-4-16(23)15(8-13)22(24,25)26)19(28-9-11)20(31)18-12(2)10-29-21-14(18)5-6-27-21/h10-17,19-21,31,42H,18H2,1-9H3;10-17,19-21H,18H2,1-9H3;3-10,30H,1-2H3,(H,27,29). The maximum atomic E-state index is 14.6. The molecule has 686 valence electrons. The van der Waals surface area contributed by atoms with Gasteiger partial charge in [0.2, 0.25) is 11.6 Å². The van der Waals surface area contributed by atoms with Crippen LogP contribution in [0.25, 0.3) is 33.1 Å². The van der Waals surface area contributed by atoms with Crippen LogP contribution in [0.5, 0.6) is 0 Å². The van der Waals surface area contributed by atoms with Crippen LogP contribution in [0.15, 0.2) is 161 Å². The van der Waals surface area contributed by atoms with Crippen molar-refractivity contribution in [1.82, 2.24) is 43.4 Å². The number of aromatic amines is 1. The Hall–Kier alpha value is -9.68. The summed E-state index contributed by atoms with van der Waals surface area (Å²) in [5.41, 5.74) is 3.82. The number of nitrogens with zero attached hydrogens (tertiary/aromatic N) is 10. The molecule has 0 spiro atoms. The Labute approximate surface area is 754 Å². The van der Waals surface area contributed by atoms with Crippen LogP contribution < -0.4 is 13.3 Å². The number of alkyl halides is 9. The number of sulfonamides is 3. The number of ether oxygens (including phenoxy) is 2. The average Bonchev–Trinajstić information content (AvgIpc) is 1.68. The van der Waals surface area contributed by atoms with Gasteiger partial charge in [0.15, 0.2) is 16.5 Å². The molecular formula is C88H98Cl3F9N12O11S3Si2. The first-order chi connectivity index (χ1) is 59.5. The third-order valence-electron chi connectivity index (χ3n) is 23.0. The number of aliphatic hydroxyl groups excluding tert-OH is 1. The minimum atomic E-state index is -4.90. The van der Waals surface area contributed by atoms with E-state index in [1.807, 2.05) is 31.5 Å². The zero-order valence-corrected chi connectivity index (χ0v) is 80.3. The molecule has 0 aliphatic rings. The third-order valence-corrected chi connectivity index (χ3v) is 42.3. The van der Waals surface area contributed by atoms with Gasteiger partial charge < -0.3 is 28.0 Å². The van der Waals surface area contributed by atoms with E-state index < -0.39 is 143 Å². The highest BCUT2D eigenvalue weighted by Crippen LogP contribution is 2.49. The number of aryl methyl sites for hydroxylation is 6. The highest BCUT2D eigenvalue weighted by atomic mass is 35.5. The van der Waals surface area contributed by atoms with E-state index in [4.69, 9.17) is 54.2 Å². The lowest BCUT2D eigenvalue weighted by atomic mass is 9.98. The summed E-state index contributed by atoms with van der Waals surface area (Å²) >= 11 is 17.2. The van der Waals surface area contributed by atoms with Crippen molar-refractivity contribution in [3.8, 4) is 0 Å². The number of hydrogen-bond acceptors (Lipinski definition) is 17. The number of anilines is 3. The van der Waals surface area contributed by atoms with E-state index >= 15 is 0 Å². The minimum Gasteiger partial charge on any atom is -0.382 e. The number of H-pyrrole nitrogens is 1. The van der Waals surface area contributed by atoms with Crippen molar-refractivity contribution in [1.29, 1.82) is 0 Å². The van der Waals surface area contributed by atoms with Gasteiger partial charge in [-0.2, -0.15) is 39.5 Å². The third kappa shape index (κ3) is 19.4. The summed E-state index contributed by atoms with van der Waals surface area (Å²) in [6, 6.07) is 16.8. The Morgan fingerprint density at radius 1 is 0.469 bits per heavy atom. The molecule has 12 aromatic rings. The number of nitrogens with one attached hydrogen (secondary N) is 2. The molecule has 9 aromatic heterocycles. The molecular weight excluding hydrogens is 1830 g/mol. The number of benzene rings is 3. The fraction of sp³-hybridized carbons (Fsp3) is 0.364. The van der Waals surface area contributed by atoms with Gasteiger partial charge in [-0.15, -0.1) is 0 Å². The van der Waals surface area contributed by atoms with Crippen molar-refractivity contribution in [2.24, 2.45) is 0 Å². The molecule has 1 atom stereocenters. The molecule has 0 saturated carbocycles. The molecule has 0 saturated heterocycles. The molecule has 0 fully saturated rings. The summed E-state index contributed by atoms with van der Waals surface area (Å²) in [5.74, 6) is -1.13. The van der Waals surface area contributed by atoms with E-state index in [2.05, 4.69) is 121 Å². The SMILES string of the molecule is COCN(c1cc(C)cnc1C(=O)c1c(C)cnc2c1ccn2[Si](C(C)C)(C(C)C)C(C)C)S(=O)(=O)c1ccc(Cl)c(C(F)(F)F)c1.COCN(c1cc(C)cnc1C(O)c1c(C)cnc2c1ccn2[Si](C(C)C)(C(C)C)C(C)C)S(=O)(=O)c1ccc(Cl)c(C(F)(F)F)c1.Cc1cnc(C(=O)c2c(C)cnc3[nH]ccc23)c(NS(=O)(=O)c2ccc(Cl)c(C(F)(F)F)c2)c1. The maximum Gasteiger partial charge on any atom is 0.417 e. The predicted octanol–water partition coefficient (Wildman–Crippen LogP) is 22.7. The molecule has 9 heterocycles. The van der Waals surface area contributed by atoms with Crippen LogP contribution in [-0.2, 0) is 58.1 Å². The largest absolute Gasteiger partial charge is 0.417 e. The van der Waals surface area contributed by atoms with Crippen LogP contribution in [0.4, 0.5) is 56.6 Å². The first-order valence-corrected chi connectivity index (χ1v) is 50.1. The number of methoxy groups -OCH3 is 2. The summed E-state index contributed by atoms with van der Waals surface area (Å²) in [6.45, 7) is 35.9. The van der Waals surface area contributed by atoms with Gasteiger partial charge in [-0.3, -0.25) is 29.3 Å². The smallest absolute Gasteiger partial charge is 0.382 e. The fourth-order valence-electron chi connectivity index (χ4n) is 17.7. The lowest BCUT2D eigenvalue weighted by Gasteiger charge is -2.44. The Kier molecular flexibility index (Phi) is 30.1. The number of hydrogen-bond donors (Lipinski definition) is 3. The Morgan fingerprint density at radius 3 is 1.30 bits per heavy atom. The number of carbonyl (C=O) groups is 2. The number of carbonyl (C=O) groups excluding carboxylic acids is 2. The predicted molar refractivity (Wildman–Crippen MR) is 484 cm³/mol. The van der Waals surface area contributed by atoms with E-state index in [0.29, 0.717) is 123 Å². The monoisotopic (exact) mass is 1930 g/mol. The van der Waals surface area contributed by atoms with Gasteiger partial charge in [-0.1, -0.05) is 118 Å². The van der Waals surface area contributed by atoms with Gasteiger partial charge in [0.05, 0.1) is 69.2 Å². The van der Waals surface area contributed by atoms with Crippen molar-refractivity contribution >= 4 is 143 Å². The number of halogens is 12. The molecule has 3 N–H and O–H groups in total. The second kappa shape index (κ2) is 38.4. The minimum absolute atomic E-state index is 0.00956. The molecule has 12 rings (SSSR count). The first kappa shape index (κ1) is 100. The fourth-order valence-corrected chi connectivity index (χ4v) is 35.4. The van der Waals surface area contributed by atoms with E-state index in [9.17, 15) is 79.5 Å². The van der Waals surface area contributed by atoms with Crippen LogP contribution in [0.2, 0.25) is 48.3 Å². The van der Waals surface area contributed by atoms with E-state index in [-0.39, 0.29) is 39.7 Å². The molecule has 40 heteroatoms. The molecule has 0 amide bonds. The zero-order valence-electron chi connectivity index (χ0n) is 73.6. The molecule has 3 aromatic carbocycles. The summed E-state index contributed by atoms with van der Waals surface area (Å²) in [6.07, 6.45) is -1.26. The lowest BCUT2D eigenvalue weighted by molar-refractivity contribution is -0.138. The molecule has 1 unspecified atom stereocenters. The van der Waals surface area contributed by atoms with Gasteiger partial charge in [0.25, 0.3) is 30.1 Å². The van der Waals surface area contributed by atoms with Gasteiger partial charge in [0, 0.05) is 90.4 Å². The number of pyridine rings is 6. The average molecular weight is 1930 g/mol. The molecule has 0 aliphatic carbocycles. The number of aromatic nitrogens is 9. The Balaban J connectivity index is 0.000000203. The number of fused-ring (bicyclic) bond motifs is 3. The zero-order chi connectivity index (χ0) is 95.3. The van der Waals surface area contributed by atoms with Gasteiger partial charge in [0.1, 0.15) is 47.9 Å². The van der Waals surface area contributed by atoms with E-state index in [1.165, 1.54) is 57.2 Å². The summed E-state index contributed by atoms with van der Waals surface area (Å²) < 4.78 is 223. The van der Waals surface area contributed by atoms with Crippen molar-refractivity contribution in [2.45, 2.75) is 197 Å². The highest BCUT2D eigenvalue weighted by Gasteiger charge is 2.49. The first-order valence-electron chi connectivity index (χ1n) is 40.2. The number of aliphatic hydroxyl groups is 1. The van der Waals surface area contributed by atoms with Gasteiger partial charge in [-0.05, 0) is 212 Å². The number of ketones is 2. The van der Waals surface area contributed by atoms with Crippen molar-refractivity contribution in [2.75, 3.05) is 41.0 Å². The Bertz CT molecular complexity index is 6550.